The maximum Gasteiger partial charge on any atom is 0.266 e. The van der Waals surface area contributed by atoms with Crippen LogP contribution in [0.5, 0.6) is 0 Å². The lowest BCUT2D eigenvalue weighted by Crippen LogP contribution is -2.41. The van der Waals surface area contributed by atoms with Gasteiger partial charge in [0.1, 0.15) is 4.88 Å². The first kappa shape index (κ1) is 11.9. The first-order valence-corrected chi connectivity index (χ1v) is 6.39. The van der Waals surface area contributed by atoms with Gasteiger partial charge in [0.2, 0.25) is 5.91 Å². The van der Waals surface area contributed by atoms with Gasteiger partial charge in [-0.25, -0.2) is 0 Å². The van der Waals surface area contributed by atoms with Crippen molar-refractivity contribution in [3.8, 4) is 0 Å². The zero-order valence-electron chi connectivity index (χ0n) is 9.39. The minimum absolute atomic E-state index is 0.0413. The molecule has 0 bridgehead atoms. The molecule has 2 heterocycles. The summed E-state index contributed by atoms with van der Waals surface area (Å²) in [6, 6.07) is 1.73. The molecule has 5 nitrogen and oxygen atoms in total. The van der Waals surface area contributed by atoms with Crippen LogP contribution < -0.4 is 11.5 Å². The van der Waals surface area contributed by atoms with Crippen LogP contribution in [0.25, 0.3) is 0 Å². The first-order valence-electron chi connectivity index (χ1n) is 5.51. The number of nitrogen functional groups attached to an aromatic ring is 1. The number of carbonyl (C=O) groups is 2. The van der Waals surface area contributed by atoms with E-state index in [9.17, 15) is 9.59 Å². The van der Waals surface area contributed by atoms with Gasteiger partial charge >= 0.3 is 0 Å². The highest BCUT2D eigenvalue weighted by molar-refractivity contribution is 7.12. The molecule has 17 heavy (non-hydrogen) atoms. The van der Waals surface area contributed by atoms with Gasteiger partial charge in [-0.05, 0) is 24.3 Å². The normalized spacial score (nSPS) is 17.1. The standard InChI is InChI=1S/C11H15N3O2S/c12-8-3-6-17-9(8)11(16)14-4-1-7(2-5-14)10(13)15/h3,6-7H,1-2,4-5,12H2,(H2,13,15). The summed E-state index contributed by atoms with van der Waals surface area (Å²) in [6.45, 7) is 1.15. The highest BCUT2D eigenvalue weighted by Gasteiger charge is 2.27. The van der Waals surface area contributed by atoms with Crippen LogP contribution in [0.1, 0.15) is 22.5 Å². The van der Waals surface area contributed by atoms with Crippen molar-refractivity contribution >= 4 is 28.8 Å². The molecule has 2 rings (SSSR count). The van der Waals surface area contributed by atoms with Gasteiger partial charge in [-0.2, -0.15) is 0 Å². The second-order valence-corrected chi connectivity index (χ2v) is 5.09. The molecule has 1 saturated heterocycles. The fourth-order valence-corrected chi connectivity index (χ4v) is 2.79. The van der Waals surface area contributed by atoms with E-state index in [1.807, 2.05) is 0 Å². The van der Waals surface area contributed by atoms with E-state index in [2.05, 4.69) is 0 Å². The van der Waals surface area contributed by atoms with Crippen LogP contribution in [0.15, 0.2) is 11.4 Å². The molecule has 6 heteroatoms. The van der Waals surface area contributed by atoms with Crippen LogP contribution in [-0.4, -0.2) is 29.8 Å². The van der Waals surface area contributed by atoms with Crippen LogP contribution in [-0.2, 0) is 4.79 Å². The molecule has 92 valence electrons. The second-order valence-electron chi connectivity index (χ2n) is 4.17. The number of likely N-dealkylation sites (tertiary alicyclic amines) is 1. The maximum atomic E-state index is 12.1. The van der Waals surface area contributed by atoms with Crippen molar-refractivity contribution in [3.63, 3.8) is 0 Å². The van der Waals surface area contributed by atoms with E-state index in [1.165, 1.54) is 11.3 Å². The molecule has 1 fully saturated rings. The molecule has 1 aromatic heterocycles. The SMILES string of the molecule is NC(=O)C1CCN(C(=O)c2sccc2N)CC1. The lowest BCUT2D eigenvalue weighted by atomic mass is 9.96. The summed E-state index contributed by atoms with van der Waals surface area (Å²) in [6.07, 6.45) is 1.29. The molecule has 0 aliphatic carbocycles. The molecular weight excluding hydrogens is 238 g/mol. The largest absolute Gasteiger partial charge is 0.397 e. The van der Waals surface area contributed by atoms with Crippen molar-refractivity contribution in [2.75, 3.05) is 18.8 Å². The van der Waals surface area contributed by atoms with E-state index < -0.39 is 0 Å². The second kappa shape index (κ2) is 4.75. The van der Waals surface area contributed by atoms with Gasteiger partial charge in [0.05, 0.1) is 5.69 Å². The van der Waals surface area contributed by atoms with Crippen LogP contribution in [0, 0.1) is 5.92 Å². The number of anilines is 1. The van der Waals surface area contributed by atoms with Crippen molar-refractivity contribution in [2.24, 2.45) is 11.7 Å². The van der Waals surface area contributed by atoms with Gasteiger partial charge in [-0.3, -0.25) is 9.59 Å². The Morgan fingerprint density at radius 2 is 2.00 bits per heavy atom. The van der Waals surface area contributed by atoms with Gasteiger partial charge in [0.25, 0.3) is 5.91 Å². The van der Waals surface area contributed by atoms with Crippen molar-refractivity contribution < 1.29 is 9.59 Å². The summed E-state index contributed by atoms with van der Waals surface area (Å²) < 4.78 is 0. The third kappa shape index (κ3) is 2.41. The molecule has 1 aliphatic heterocycles. The highest BCUT2D eigenvalue weighted by Crippen LogP contribution is 2.24. The Balaban J connectivity index is 2.00. The number of thiophene rings is 1. The third-order valence-corrected chi connectivity index (χ3v) is 3.99. The number of hydrogen-bond acceptors (Lipinski definition) is 4. The predicted molar refractivity (Wildman–Crippen MR) is 66.6 cm³/mol. The molecule has 1 aliphatic rings. The summed E-state index contributed by atoms with van der Waals surface area (Å²) in [5.41, 5.74) is 11.5. The minimum Gasteiger partial charge on any atom is -0.397 e. The molecule has 2 amide bonds. The Kier molecular flexibility index (Phi) is 3.33. The highest BCUT2D eigenvalue weighted by atomic mass is 32.1. The topological polar surface area (TPSA) is 89.4 Å². The van der Waals surface area contributed by atoms with Crippen molar-refractivity contribution in [1.82, 2.24) is 4.90 Å². The number of rotatable bonds is 2. The fourth-order valence-electron chi connectivity index (χ4n) is 2.00. The minimum atomic E-state index is -0.271. The summed E-state index contributed by atoms with van der Waals surface area (Å²) in [4.78, 5) is 25.4. The van der Waals surface area contributed by atoms with Crippen LogP contribution in [0.2, 0.25) is 0 Å². The zero-order chi connectivity index (χ0) is 12.4. The quantitative estimate of drug-likeness (QED) is 0.811. The average Bonchev–Trinajstić information content (AvgIpc) is 2.74. The number of hydrogen-bond donors (Lipinski definition) is 2. The van der Waals surface area contributed by atoms with Gasteiger partial charge in [-0.1, -0.05) is 0 Å². The number of primary amides is 1. The van der Waals surface area contributed by atoms with Crippen LogP contribution >= 0.6 is 11.3 Å². The summed E-state index contributed by atoms with van der Waals surface area (Å²) in [5, 5.41) is 1.80. The summed E-state index contributed by atoms with van der Waals surface area (Å²) in [7, 11) is 0. The van der Waals surface area contributed by atoms with Crippen LogP contribution in [0.3, 0.4) is 0 Å². The molecule has 0 spiro atoms. The van der Waals surface area contributed by atoms with Crippen molar-refractivity contribution in [2.45, 2.75) is 12.8 Å². The molecule has 4 N–H and O–H groups in total. The number of piperidine rings is 1. The molecule has 0 saturated carbocycles. The van der Waals surface area contributed by atoms with Gasteiger partial charge < -0.3 is 16.4 Å². The van der Waals surface area contributed by atoms with Crippen molar-refractivity contribution in [1.29, 1.82) is 0 Å². The Morgan fingerprint density at radius 3 is 2.47 bits per heavy atom. The van der Waals surface area contributed by atoms with E-state index in [0.29, 0.717) is 36.5 Å². The molecule has 0 atom stereocenters. The summed E-state index contributed by atoms with van der Waals surface area (Å²) >= 11 is 1.35. The smallest absolute Gasteiger partial charge is 0.266 e. The number of nitrogens with zero attached hydrogens (tertiary/aromatic N) is 1. The third-order valence-electron chi connectivity index (χ3n) is 3.07. The average molecular weight is 253 g/mol. The number of nitrogens with two attached hydrogens (primary N) is 2. The van der Waals surface area contributed by atoms with Crippen molar-refractivity contribution in [3.05, 3.63) is 16.3 Å². The molecular formula is C11H15N3O2S. The van der Waals surface area contributed by atoms with E-state index in [0.717, 1.165) is 0 Å². The van der Waals surface area contributed by atoms with E-state index in [1.54, 1.807) is 16.3 Å². The van der Waals surface area contributed by atoms with Gasteiger partial charge in [-0.15, -0.1) is 11.3 Å². The Morgan fingerprint density at radius 1 is 1.35 bits per heavy atom. The predicted octanol–water partition coefficient (Wildman–Crippen LogP) is 0.668. The van der Waals surface area contributed by atoms with Gasteiger partial charge in [0, 0.05) is 19.0 Å². The number of carbonyl (C=O) groups excluding carboxylic acids is 2. The zero-order valence-corrected chi connectivity index (χ0v) is 10.2. The van der Waals surface area contributed by atoms with E-state index in [4.69, 9.17) is 11.5 Å². The Bertz CT molecular complexity index is 436. The first-order chi connectivity index (χ1) is 8.09. The fraction of sp³-hybridized carbons (Fsp3) is 0.455. The molecule has 0 aromatic carbocycles. The van der Waals surface area contributed by atoms with E-state index >= 15 is 0 Å². The van der Waals surface area contributed by atoms with Crippen LogP contribution in [0.4, 0.5) is 5.69 Å². The lowest BCUT2D eigenvalue weighted by Gasteiger charge is -2.30. The van der Waals surface area contributed by atoms with Gasteiger partial charge in [0.15, 0.2) is 0 Å². The maximum absolute atomic E-state index is 12.1. The molecule has 1 aromatic rings. The lowest BCUT2D eigenvalue weighted by molar-refractivity contribution is -0.123. The number of amides is 2. The summed E-state index contributed by atoms with van der Waals surface area (Å²) in [5.74, 6) is -0.409. The van der Waals surface area contributed by atoms with E-state index in [-0.39, 0.29) is 17.7 Å². The Hall–Kier alpha value is -1.56. The molecule has 0 unspecified atom stereocenters. The monoisotopic (exact) mass is 253 g/mol. The Labute approximate surface area is 103 Å². The molecule has 0 radical (unpaired) electrons.